The fraction of sp³-hybridized carbons (Fsp3) is 0.455. The van der Waals surface area contributed by atoms with E-state index in [9.17, 15) is 4.79 Å². The Morgan fingerprint density at radius 3 is 3.00 bits per heavy atom. The number of aromatic nitrogens is 3. The molecule has 1 atom stereocenters. The molecular weight excluding hydrogens is 268 g/mol. The predicted molar refractivity (Wildman–Crippen MR) is 75.2 cm³/mol. The van der Waals surface area contributed by atoms with Crippen molar-refractivity contribution in [3.63, 3.8) is 0 Å². The maximum absolute atomic E-state index is 11.5. The Bertz CT molecular complexity index is 572. The smallest absolute Gasteiger partial charge is 0.329 e. The monoisotopic (exact) mass is 284 g/mol. The molecule has 2 heterocycles. The van der Waals surface area contributed by atoms with E-state index >= 15 is 0 Å². The van der Waals surface area contributed by atoms with Crippen LogP contribution in [0.15, 0.2) is 21.4 Å². The van der Waals surface area contributed by atoms with Gasteiger partial charge in [0.05, 0.1) is 5.25 Å². The number of rotatable bonds is 5. The Labute approximate surface area is 113 Å². The molecule has 2 aromatic heterocycles. The summed E-state index contributed by atoms with van der Waals surface area (Å²) in [5, 5.41) is 9.43. The third-order valence-corrected chi connectivity index (χ3v) is 5.21. The average Bonchev–Trinajstić information content (AvgIpc) is 2.93. The van der Waals surface area contributed by atoms with Crippen LogP contribution in [0.1, 0.15) is 22.6 Å². The van der Waals surface area contributed by atoms with E-state index in [-0.39, 0.29) is 10.9 Å². The topological polar surface area (TPSA) is 76.7 Å². The van der Waals surface area contributed by atoms with E-state index in [0.29, 0.717) is 18.2 Å². The van der Waals surface area contributed by atoms with E-state index < -0.39 is 0 Å². The van der Waals surface area contributed by atoms with Crippen molar-refractivity contribution in [1.82, 2.24) is 14.8 Å². The zero-order valence-electron chi connectivity index (χ0n) is 10.3. The van der Waals surface area contributed by atoms with E-state index in [2.05, 4.69) is 28.6 Å². The van der Waals surface area contributed by atoms with Gasteiger partial charge in [0.2, 0.25) is 0 Å². The van der Waals surface area contributed by atoms with E-state index in [0.717, 1.165) is 0 Å². The summed E-state index contributed by atoms with van der Waals surface area (Å²) in [6.45, 7) is 5.14. The summed E-state index contributed by atoms with van der Waals surface area (Å²) in [4.78, 5) is 12.7. The second-order valence-corrected chi connectivity index (χ2v) is 5.98. The molecule has 7 heteroatoms. The molecule has 2 rings (SSSR count). The molecule has 0 saturated carbocycles. The highest BCUT2D eigenvalue weighted by Crippen LogP contribution is 2.37. The molecule has 0 aromatic carbocycles. The molecular formula is C11H16N4OS2. The minimum Gasteiger partial charge on any atom is -0.329 e. The SMILES string of the molecule is CCn1c(SC(CN)c2sccc2C)n[nH]c1=O. The summed E-state index contributed by atoms with van der Waals surface area (Å²) in [6.07, 6.45) is 0. The van der Waals surface area contributed by atoms with Gasteiger partial charge in [0, 0.05) is 18.0 Å². The number of aryl methyl sites for hydroxylation is 1. The van der Waals surface area contributed by atoms with Crippen molar-refractivity contribution in [1.29, 1.82) is 0 Å². The van der Waals surface area contributed by atoms with Crippen LogP contribution in [0, 0.1) is 6.92 Å². The van der Waals surface area contributed by atoms with Crippen LogP contribution in [0.3, 0.4) is 0 Å². The maximum atomic E-state index is 11.5. The Balaban J connectivity index is 2.26. The first-order valence-electron chi connectivity index (χ1n) is 5.73. The number of nitrogens with two attached hydrogens (primary N) is 1. The lowest BCUT2D eigenvalue weighted by molar-refractivity contribution is 0.658. The summed E-state index contributed by atoms with van der Waals surface area (Å²) in [5.41, 5.74) is 6.91. The number of thiophene rings is 1. The van der Waals surface area contributed by atoms with Gasteiger partial charge in [0.1, 0.15) is 0 Å². The molecule has 0 aliphatic rings. The van der Waals surface area contributed by atoms with Crippen molar-refractivity contribution >= 4 is 23.1 Å². The van der Waals surface area contributed by atoms with Gasteiger partial charge >= 0.3 is 5.69 Å². The highest BCUT2D eigenvalue weighted by Gasteiger charge is 2.18. The molecule has 2 aromatic rings. The van der Waals surface area contributed by atoms with Crippen LogP contribution >= 0.6 is 23.1 Å². The number of hydrogen-bond donors (Lipinski definition) is 2. The molecule has 0 aliphatic heterocycles. The number of hydrogen-bond acceptors (Lipinski definition) is 5. The molecule has 1 unspecified atom stereocenters. The van der Waals surface area contributed by atoms with Crippen LogP contribution in [-0.2, 0) is 6.54 Å². The number of thioether (sulfide) groups is 1. The van der Waals surface area contributed by atoms with Crippen LogP contribution in [0.4, 0.5) is 0 Å². The van der Waals surface area contributed by atoms with Gasteiger partial charge in [0.25, 0.3) is 0 Å². The van der Waals surface area contributed by atoms with Crippen molar-refractivity contribution < 1.29 is 0 Å². The fourth-order valence-electron chi connectivity index (χ4n) is 1.72. The minimum absolute atomic E-state index is 0.144. The number of nitrogens with zero attached hydrogens (tertiary/aromatic N) is 2. The van der Waals surface area contributed by atoms with Gasteiger partial charge < -0.3 is 5.73 Å². The molecule has 0 amide bonds. The lowest BCUT2D eigenvalue weighted by Gasteiger charge is -2.13. The first kappa shape index (κ1) is 13.4. The zero-order chi connectivity index (χ0) is 13.1. The van der Waals surface area contributed by atoms with Gasteiger partial charge in [-0.1, -0.05) is 11.8 Å². The predicted octanol–water partition coefficient (Wildman–Crippen LogP) is 1.75. The van der Waals surface area contributed by atoms with Crippen LogP contribution in [-0.4, -0.2) is 21.3 Å². The Kier molecular flexibility index (Phi) is 4.26. The van der Waals surface area contributed by atoms with Gasteiger partial charge in [-0.15, -0.1) is 16.4 Å². The van der Waals surface area contributed by atoms with E-state index in [1.54, 1.807) is 15.9 Å². The third-order valence-electron chi connectivity index (χ3n) is 2.70. The molecule has 0 radical (unpaired) electrons. The summed E-state index contributed by atoms with van der Waals surface area (Å²) in [5.74, 6) is 0. The fourth-order valence-corrected chi connectivity index (χ4v) is 4.04. The highest BCUT2D eigenvalue weighted by atomic mass is 32.2. The van der Waals surface area contributed by atoms with E-state index in [1.165, 1.54) is 22.2 Å². The molecule has 98 valence electrons. The first-order valence-corrected chi connectivity index (χ1v) is 7.49. The third kappa shape index (κ3) is 2.52. The molecule has 0 fully saturated rings. The van der Waals surface area contributed by atoms with Crippen molar-refractivity contribution in [2.45, 2.75) is 30.8 Å². The molecule has 18 heavy (non-hydrogen) atoms. The van der Waals surface area contributed by atoms with Crippen LogP contribution in [0.25, 0.3) is 0 Å². The van der Waals surface area contributed by atoms with Gasteiger partial charge in [0.15, 0.2) is 5.16 Å². The summed E-state index contributed by atoms with van der Waals surface area (Å²) in [7, 11) is 0. The molecule has 0 saturated heterocycles. The molecule has 3 N–H and O–H groups in total. The van der Waals surface area contributed by atoms with E-state index in [1.807, 2.05) is 6.92 Å². The largest absolute Gasteiger partial charge is 0.343 e. The Morgan fingerprint density at radius 2 is 2.44 bits per heavy atom. The molecule has 0 aliphatic carbocycles. The first-order chi connectivity index (χ1) is 8.67. The van der Waals surface area contributed by atoms with Gasteiger partial charge in [-0.3, -0.25) is 4.57 Å². The van der Waals surface area contributed by atoms with Gasteiger partial charge in [-0.05, 0) is 30.9 Å². The Morgan fingerprint density at radius 1 is 1.67 bits per heavy atom. The van der Waals surface area contributed by atoms with Crippen LogP contribution < -0.4 is 11.4 Å². The number of nitrogens with one attached hydrogen (secondary N) is 1. The molecule has 5 nitrogen and oxygen atoms in total. The lowest BCUT2D eigenvalue weighted by atomic mass is 10.2. The highest BCUT2D eigenvalue weighted by molar-refractivity contribution is 7.99. The van der Waals surface area contributed by atoms with Crippen molar-refractivity contribution in [3.8, 4) is 0 Å². The van der Waals surface area contributed by atoms with Crippen molar-refractivity contribution in [2.75, 3.05) is 6.54 Å². The van der Waals surface area contributed by atoms with Crippen LogP contribution in [0.2, 0.25) is 0 Å². The summed E-state index contributed by atoms with van der Waals surface area (Å²) in [6, 6.07) is 2.08. The second-order valence-electron chi connectivity index (χ2n) is 3.87. The number of aromatic amines is 1. The second kappa shape index (κ2) is 5.73. The van der Waals surface area contributed by atoms with Crippen molar-refractivity contribution in [3.05, 3.63) is 32.4 Å². The summed E-state index contributed by atoms with van der Waals surface area (Å²) < 4.78 is 1.62. The lowest BCUT2D eigenvalue weighted by Crippen LogP contribution is -2.17. The quantitative estimate of drug-likeness (QED) is 0.820. The van der Waals surface area contributed by atoms with Gasteiger partial charge in [-0.2, -0.15) is 0 Å². The average molecular weight is 284 g/mol. The van der Waals surface area contributed by atoms with Gasteiger partial charge in [-0.25, -0.2) is 9.89 Å². The normalized spacial score (nSPS) is 12.8. The molecule has 0 spiro atoms. The maximum Gasteiger partial charge on any atom is 0.343 e. The van der Waals surface area contributed by atoms with Crippen LogP contribution in [0.5, 0.6) is 0 Å². The standard InChI is InChI=1S/C11H16N4OS2/c1-3-15-10(16)13-14-11(15)18-8(6-12)9-7(2)4-5-17-9/h4-5,8H,3,6,12H2,1-2H3,(H,13,16). The zero-order valence-corrected chi connectivity index (χ0v) is 12.0. The van der Waals surface area contributed by atoms with Crippen molar-refractivity contribution in [2.24, 2.45) is 5.73 Å². The minimum atomic E-state index is -0.168. The summed E-state index contributed by atoms with van der Waals surface area (Å²) >= 11 is 3.23. The Hall–Kier alpha value is -1.05. The molecule has 0 bridgehead atoms. The number of H-pyrrole nitrogens is 1. The van der Waals surface area contributed by atoms with E-state index in [4.69, 9.17) is 5.73 Å².